The SMILES string of the molecule is CCC1CCC2(CC1)NC(=O)N(CC(=O)N(C)C(C)c1ccccc1)C2=O. The van der Waals surface area contributed by atoms with Crippen molar-refractivity contribution in [3.8, 4) is 0 Å². The number of benzene rings is 1. The van der Waals surface area contributed by atoms with Crippen LogP contribution in [0.2, 0.25) is 0 Å². The van der Waals surface area contributed by atoms with Crippen LogP contribution >= 0.6 is 0 Å². The maximum absolute atomic E-state index is 13.0. The maximum Gasteiger partial charge on any atom is 0.325 e. The second-order valence-corrected chi connectivity index (χ2v) is 7.85. The Morgan fingerprint density at radius 3 is 2.48 bits per heavy atom. The van der Waals surface area contributed by atoms with Gasteiger partial charge in [0, 0.05) is 7.05 Å². The average Bonchev–Trinajstić information content (AvgIpc) is 2.92. The van der Waals surface area contributed by atoms with Gasteiger partial charge in [-0.15, -0.1) is 0 Å². The Hall–Kier alpha value is -2.37. The normalized spacial score (nSPS) is 26.2. The summed E-state index contributed by atoms with van der Waals surface area (Å²) in [5, 5.41) is 2.89. The molecule has 4 amide bonds. The quantitative estimate of drug-likeness (QED) is 0.809. The number of hydrogen-bond acceptors (Lipinski definition) is 3. The van der Waals surface area contributed by atoms with Crippen LogP contribution in [-0.4, -0.2) is 46.8 Å². The molecule has 1 saturated carbocycles. The molecule has 6 nitrogen and oxygen atoms in total. The highest BCUT2D eigenvalue weighted by Gasteiger charge is 2.52. The van der Waals surface area contributed by atoms with Gasteiger partial charge in [-0.2, -0.15) is 0 Å². The molecule has 0 bridgehead atoms. The van der Waals surface area contributed by atoms with Gasteiger partial charge in [-0.25, -0.2) is 4.79 Å². The number of hydrogen-bond donors (Lipinski definition) is 1. The summed E-state index contributed by atoms with van der Waals surface area (Å²) >= 11 is 0. The minimum absolute atomic E-state index is 0.131. The lowest BCUT2D eigenvalue weighted by molar-refractivity contribution is -0.140. The molecule has 6 heteroatoms. The summed E-state index contributed by atoms with van der Waals surface area (Å²) < 4.78 is 0. The first-order chi connectivity index (χ1) is 12.9. The fraction of sp³-hybridized carbons (Fsp3) is 0.571. The van der Waals surface area contributed by atoms with Crippen LogP contribution in [0.5, 0.6) is 0 Å². The zero-order chi connectivity index (χ0) is 19.6. The first kappa shape index (κ1) is 19.4. The van der Waals surface area contributed by atoms with Crippen LogP contribution in [0.1, 0.15) is 57.6 Å². The fourth-order valence-electron chi connectivity index (χ4n) is 4.16. The van der Waals surface area contributed by atoms with Crippen molar-refractivity contribution < 1.29 is 14.4 Å². The lowest BCUT2D eigenvalue weighted by Gasteiger charge is -2.34. The minimum Gasteiger partial charge on any atom is -0.337 e. The predicted molar refractivity (Wildman–Crippen MR) is 103 cm³/mol. The zero-order valence-corrected chi connectivity index (χ0v) is 16.4. The molecule has 1 aromatic carbocycles. The van der Waals surface area contributed by atoms with Crippen LogP contribution in [-0.2, 0) is 9.59 Å². The molecule has 2 fully saturated rings. The standard InChI is InChI=1S/C21H29N3O3/c1-4-16-10-12-21(13-11-16)19(26)24(20(27)22-21)14-18(25)23(3)15(2)17-8-6-5-7-9-17/h5-9,15-16H,4,10-14H2,1-3H3,(H,22,27). The third-order valence-corrected chi connectivity index (χ3v) is 6.33. The molecule has 2 aliphatic rings. The van der Waals surface area contributed by atoms with Gasteiger partial charge in [0.1, 0.15) is 12.1 Å². The van der Waals surface area contributed by atoms with Gasteiger partial charge in [-0.3, -0.25) is 14.5 Å². The third kappa shape index (κ3) is 3.70. The van der Waals surface area contributed by atoms with Crippen LogP contribution in [0.25, 0.3) is 0 Å². The van der Waals surface area contributed by atoms with Crippen molar-refractivity contribution in [3.63, 3.8) is 0 Å². The molecule has 0 radical (unpaired) electrons. The average molecular weight is 371 g/mol. The number of likely N-dealkylation sites (N-methyl/N-ethyl adjacent to an activating group) is 1. The molecule has 27 heavy (non-hydrogen) atoms. The van der Waals surface area contributed by atoms with Crippen LogP contribution in [0.3, 0.4) is 0 Å². The van der Waals surface area contributed by atoms with Gasteiger partial charge in [-0.05, 0) is 44.1 Å². The van der Waals surface area contributed by atoms with Gasteiger partial charge >= 0.3 is 6.03 Å². The zero-order valence-electron chi connectivity index (χ0n) is 16.4. The Labute approximate surface area is 160 Å². The number of imide groups is 1. The van der Waals surface area contributed by atoms with Crippen molar-refractivity contribution in [2.75, 3.05) is 13.6 Å². The van der Waals surface area contributed by atoms with Gasteiger partial charge in [0.2, 0.25) is 5.91 Å². The molecule has 1 saturated heterocycles. The van der Waals surface area contributed by atoms with E-state index in [1.165, 1.54) is 0 Å². The molecule has 0 aromatic heterocycles. The van der Waals surface area contributed by atoms with Gasteiger partial charge in [0.25, 0.3) is 5.91 Å². The first-order valence-corrected chi connectivity index (χ1v) is 9.82. The molecule has 1 spiro atoms. The van der Waals surface area contributed by atoms with E-state index in [0.717, 1.165) is 29.7 Å². The molecule has 146 valence electrons. The lowest BCUT2D eigenvalue weighted by atomic mass is 9.75. The Balaban J connectivity index is 1.66. The van der Waals surface area contributed by atoms with Gasteiger partial charge in [-0.1, -0.05) is 43.7 Å². The van der Waals surface area contributed by atoms with Gasteiger partial charge in [0.15, 0.2) is 0 Å². The summed E-state index contributed by atoms with van der Waals surface area (Å²) in [5.74, 6) is 0.138. The molecule has 1 atom stereocenters. The molecule has 1 aliphatic carbocycles. The van der Waals surface area contributed by atoms with E-state index in [1.807, 2.05) is 37.3 Å². The van der Waals surface area contributed by atoms with Crippen molar-refractivity contribution in [1.29, 1.82) is 0 Å². The van der Waals surface area contributed by atoms with Crippen LogP contribution in [0.15, 0.2) is 30.3 Å². The van der Waals surface area contributed by atoms with E-state index in [4.69, 9.17) is 0 Å². The van der Waals surface area contributed by atoms with E-state index in [-0.39, 0.29) is 24.4 Å². The molecule has 1 aliphatic heterocycles. The first-order valence-electron chi connectivity index (χ1n) is 9.82. The van der Waals surface area contributed by atoms with Crippen LogP contribution < -0.4 is 5.32 Å². The van der Waals surface area contributed by atoms with Crippen molar-refractivity contribution in [3.05, 3.63) is 35.9 Å². The Bertz CT molecular complexity index is 711. The largest absolute Gasteiger partial charge is 0.337 e. The highest BCUT2D eigenvalue weighted by Crippen LogP contribution is 2.37. The topological polar surface area (TPSA) is 69.7 Å². The Kier molecular flexibility index (Phi) is 5.53. The Morgan fingerprint density at radius 2 is 1.89 bits per heavy atom. The molecule has 1 unspecified atom stereocenters. The van der Waals surface area contributed by atoms with Crippen LogP contribution in [0, 0.1) is 5.92 Å². The summed E-state index contributed by atoms with van der Waals surface area (Å²) in [4.78, 5) is 40.8. The van der Waals surface area contributed by atoms with Crippen molar-refractivity contribution in [2.24, 2.45) is 5.92 Å². The summed E-state index contributed by atoms with van der Waals surface area (Å²) in [7, 11) is 1.71. The number of carbonyl (C=O) groups is 3. The van der Waals surface area contributed by atoms with Crippen LogP contribution in [0.4, 0.5) is 4.79 Å². The minimum atomic E-state index is -0.799. The van der Waals surface area contributed by atoms with E-state index in [9.17, 15) is 14.4 Å². The van der Waals surface area contributed by atoms with Gasteiger partial charge in [0.05, 0.1) is 6.04 Å². The number of amides is 4. The van der Waals surface area contributed by atoms with E-state index < -0.39 is 11.6 Å². The molecule has 1 aromatic rings. The van der Waals surface area contributed by atoms with E-state index in [1.54, 1.807) is 11.9 Å². The van der Waals surface area contributed by atoms with E-state index in [0.29, 0.717) is 18.8 Å². The summed E-state index contributed by atoms with van der Waals surface area (Å²) in [6.07, 6.45) is 4.31. The summed E-state index contributed by atoms with van der Waals surface area (Å²) in [6.45, 7) is 3.89. The monoisotopic (exact) mass is 371 g/mol. The molecule has 1 N–H and O–H groups in total. The summed E-state index contributed by atoms with van der Waals surface area (Å²) in [6, 6.07) is 9.14. The highest BCUT2D eigenvalue weighted by molar-refractivity contribution is 6.09. The number of urea groups is 1. The van der Waals surface area contributed by atoms with Gasteiger partial charge < -0.3 is 10.2 Å². The number of carbonyl (C=O) groups excluding carboxylic acids is 3. The van der Waals surface area contributed by atoms with Crippen molar-refractivity contribution >= 4 is 17.8 Å². The smallest absolute Gasteiger partial charge is 0.325 e. The Morgan fingerprint density at radius 1 is 1.26 bits per heavy atom. The number of rotatable bonds is 5. The highest BCUT2D eigenvalue weighted by atomic mass is 16.2. The second kappa shape index (κ2) is 7.71. The molecular weight excluding hydrogens is 342 g/mol. The maximum atomic E-state index is 13.0. The fourth-order valence-corrected chi connectivity index (χ4v) is 4.16. The number of nitrogens with one attached hydrogen (secondary N) is 1. The van der Waals surface area contributed by atoms with Crippen molar-refractivity contribution in [1.82, 2.24) is 15.1 Å². The predicted octanol–water partition coefficient (Wildman–Crippen LogP) is 3.10. The molecular formula is C21H29N3O3. The summed E-state index contributed by atoms with van der Waals surface area (Å²) in [5.41, 5.74) is 0.215. The molecule has 1 heterocycles. The number of nitrogens with zero attached hydrogens (tertiary/aromatic N) is 2. The third-order valence-electron chi connectivity index (χ3n) is 6.33. The van der Waals surface area contributed by atoms with E-state index >= 15 is 0 Å². The molecule has 3 rings (SSSR count). The second-order valence-electron chi connectivity index (χ2n) is 7.85. The lowest BCUT2D eigenvalue weighted by Crippen LogP contribution is -2.50. The van der Waals surface area contributed by atoms with Crippen molar-refractivity contribution in [2.45, 2.75) is 57.5 Å². The van der Waals surface area contributed by atoms with E-state index in [2.05, 4.69) is 12.2 Å².